The van der Waals surface area contributed by atoms with Crippen molar-refractivity contribution in [2.45, 2.75) is 31.3 Å². The summed E-state index contributed by atoms with van der Waals surface area (Å²) in [5.41, 5.74) is 1.14. The van der Waals surface area contributed by atoms with Crippen molar-refractivity contribution in [1.82, 2.24) is 9.78 Å². The van der Waals surface area contributed by atoms with E-state index in [0.717, 1.165) is 29.6 Å². The molecule has 0 saturated heterocycles. The topological polar surface area (TPSA) is 38.0 Å². The highest BCUT2D eigenvalue weighted by Crippen LogP contribution is 2.34. The van der Waals surface area contributed by atoms with Crippen LogP contribution in [0.2, 0.25) is 0 Å². The molecule has 0 aliphatic heterocycles. The van der Waals surface area contributed by atoms with Gasteiger partial charge in [-0.25, -0.2) is 0 Å². The van der Waals surface area contributed by atoms with Gasteiger partial charge in [0.2, 0.25) is 0 Å². The molecular weight excluding hydrogens is 232 g/mol. The van der Waals surface area contributed by atoms with Crippen LogP contribution in [0.3, 0.4) is 0 Å². The van der Waals surface area contributed by atoms with Crippen LogP contribution in [0, 0.1) is 0 Å². The molecule has 72 valence electrons. The molecule has 2 rings (SSSR count). The fourth-order valence-electron chi connectivity index (χ4n) is 2.08. The van der Waals surface area contributed by atoms with Crippen LogP contribution in [-0.4, -0.2) is 21.0 Å². The van der Waals surface area contributed by atoms with E-state index in [-0.39, 0.29) is 12.0 Å². The van der Waals surface area contributed by atoms with Gasteiger partial charge < -0.3 is 5.11 Å². The third-order valence-electron chi connectivity index (χ3n) is 2.75. The Morgan fingerprint density at radius 2 is 2.38 bits per heavy atom. The Balaban J connectivity index is 2.28. The van der Waals surface area contributed by atoms with Crippen LogP contribution < -0.4 is 0 Å². The second kappa shape index (κ2) is 3.42. The first-order chi connectivity index (χ1) is 6.18. The second-order valence-electron chi connectivity index (χ2n) is 3.62. The average Bonchev–Trinajstić information content (AvgIpc) is 2.58. The summed E-state index contributed by atoms with van der Waals surface area (Å²) < 4.78 is 2.70. The van der Waals surface area contributed by atoms with E-state index in [9.17, 15) is 5.11 Å². The van der Waals surface area contributed by atoms with E-state index in [1.165, 1.54) is 0 Å². The lowest BCUT2D eigenvalue weighted by atomic mass is 10.0. The maximum atomic E-state index is 9.72. The predicted octanol–water partition coefficient (Wildman–Crippen LogP) is 1.81. The van der Waals surface area contributed by atoms with Crippen LogP contribution in [-0.2, 0) is 7.05 Å². The Kier molecular flexibility index (Phi) is 2.43. The Bertz CT molecular complexity index is 311. The first-order valence-corrected chi connectivity index (χ1v) is 5.35. The second-order valence-corrected chi connectivity index (χ2v) is 4.43. The number of nitrogens with zero attached hydrogens (tertiary/aromatic N) is 2. The fourth-order valence-corrected chi connectivity index (χ4v) is 2.55. The number of rotatable bonds is 1. The van der Waals surface area contributed by atoms with Crippen LogP contribution in [0.1, 0.15) is 30.9 Å². The van der Waals surface area contributed by atoms with E-state index in [2.05, 4.69) is 21.0 Å². The van der Waals surface area contributed by atoms with E-state index >= 15 is 0 Å². The van der Waals surface area contributed by atoms with Gasteiger partial charge in [0.05, 0.1) is 6.10 Å². The highest BCUT2D eigenvalue weighted by atomic mass is 79.9. The molecule has 1 aliphatic carbocycles. The quantitative estimate of drug-likeness (QED) is 0.819. The van der Waals surface area contributed by atoms with Crippen LogP contribution in [0.25, 0.3) is 0 Å². The SMILES string of the molecule is Cn1nc(Br)cc1[C@@H]1CCC[C@H]1O. The molecule has 1 aromatic heterocycles. The normalized spacial score (nSPS) is 28.2. The van der Waals surface area contributed by atoms with E-state index in [0.29, 0.717) is 0 Å². The highest BCUT2D eigenvalue weighted by molar-refractivity contribution is 9.10. The molecule has 13 heavy (non-hydrogen) atoms. The summed E-state index contributed by atoms with van der Waals surface area (Å²) in [4.78, 5) is 0. The molecule has 1 N–H and O–H groups in total. The number of aliphatic hydroxyl groups excluding tert-OH is 1. The maximum Gasteiger partial charge on any atom is 0.128 e. The van der Waals surface area contributed by atoms with Crippen LogP contribution in [0.5, 0.6) is 0 Å². The van der Waals surface area contributed by atoms with Gasteiger partial charge in [0, 0.05) is 18.7 Å². The van der Waals surface area contributed by atoms with Crippen molar-refractivity contribution in [3.05, 3.63) is 16.4 Å². The van der Waals surface area contributed by atoms with Gasteiger partial charge in [0.15, 0.2) is 0 Å². The molecule has 1 fully saturated rings. The predicted molar refractivity (Wildman–Crippen MR) is 53.5 cm³/mol. The lowest BCUT2D eigenvalue weighted by Crippen LogP contribution is -2.14. The van der Waals surface area contributed by atoms with Crippen molar-refractivity contribution in [3.8, 4) is 0 Å². The molecule has 2 atom stereocenters. The summed E-state index contributed by atoms with van der Waals surface area (Å²) in [6.07, 6.45) is 2.94. The molecule has 0 spiro atoms. The van der Waals surface area contributed by atoms with E-state index < -0.39 is 0 Å². The first kappa shape index (κ1) is 9.21. The number of hydrogen-bond donors (Lipinski definition) is 1. The van der Waals surface area contributed by atoms with Crippen molar-refractivity contribution < 1.29 is 5.11 Å². The number of hydrogen-bond acceptors (Lipinski definition) is 2. The standard InChI is InChI=1S/C9H13BrN2O/c1-12-7(5-9(10)11-12)6-3-2-4-8(6)13/h5-6,8,13H,2-4H2,1H3/t6-,8+/m0/s1. The van der Waals surface area contributed by atoms with Crippen molar-refractivity contribution >= 4 is 15.9 Å². The summed E-state index contributed by atoms with van der Waals surface area (Å²) in [6.45, 7) is 0. The molecule has 0 radical (unpaired) electrons. The summed E-state index contributed by atoms with van der Waals surface area (Å²) in [6, 6.07) is 2.00. The van der Waals surface area contributed by atoms with E-state index in [4.69, 9.17) is 0 Å². The van der Waals surface area contributed by atoms with Crippen molar-refractivity contribution in [3.63, 3.8) is 0 Å². The van der Waals surface area contributed by atoms with E-state index in [1.54, 1.807) is 0 Å². The average molecular weight is 245 g/mol. The van der Waals surface area contributed by atoms with Gasteiger partial charge in [-0.2, -0.15) is 5.10 Å². The van der Waals surface area contributed by atoms with Gasteiger partial charge in [-0.3, -0.25) is 4.68 Å². The molecule has 1 aromatic rings. The van der Waals surface area contributed by atoms with Gasteiger partial charge >= 0.3 is 0 Å². The van der Waals surface area contributed by atoms with Gasteiger partial charge in [-0.05, 0) is 34.8 Å². The van der Waals surface area contributed by atoms with E-state index in [1.807, 2.05) is 17.8 Å². The number of aryl methyl sites for hydroxylation is 1. The molecule has 0 unspecified atom stereocenters. The molecule has 0 bridgehead atoms. The molecule has 1 aliphatic rings. The Morgan fingerprint density at radius 1 is 1.62 bits per heavy atom. The monoisotopic (exact) mass is 244 g/mol. The summed E-state index contributed by atoms with van der Waals surface area (Å²) >= 11 is 3.34. The Hall–Kier alpha value is -0.350. The molecule has 1 saturated carbocycles. The number of aromatic nitrogens is 2. The minimum Gasteiger partial charge on any atom is -0.392 e. The first-order valence-electron chi connectivity index (χ1n) is 4.56. The summed E-state index contributed by atoms with van der Waals surface area (Å²) in [5.74, 6) is 0.281. The third-order valence-corrected chi connectivity index (χ3v) is 3.13. The minimum atomic E-state index is -0.178. The van der Waals surface area contributed by atoms with Crippen LogP contribution in [0.4, 0.5) is 0 Å². The zero-order valence-corrected chi connectivity index (χ0v) is 9.16. The van der Waals surface area contributed by atoms with Gasteiger partial charge in [0.1, 0.15) is 4.60 Å². The van der Waals surface area contributed by atoms with Gasteiger partial charge in [-0.1, -0.05) is 6.42 Å². The molecular formula is C9H13BrN2O. The highest BCUT2D eigenvalue weighted by Gasteiger charge is 2.29. The van der Waals surface area contributed by atoms with Crippen LogP contribution in [0.15, 0.2) is 10.7 Å². The van der Waals surface area contributed by atoms with Crippen LogP contribution >= 0.6 is 15.9 Å². The maximum absolute atomic E-state index is 9.72. The number of halogens is 1. The zero-order chi connectivity index (χ0) is 9.42. The summed E-state index contributed by atoms with van der Waals surface area (Å²) in [7, 11) is 1.92. The molecule has 1 heterocycles. The third kappa shape index (κ3) is 1.65. The zero-order valence-electron chi connectivity index (χ0n) is 7.57. The lowest BCUT2D eigenvalue weighted by Gasteiger charge is -2.13. The summed E-state index contributed by atoms with van der Waals surface area (Å²) in [5, 5.41) is 13.9. The molecule has 4 heteroatoms. The fraction of sp³-hybridized carbons (Fsp3) is 0.667. The smallest absolute Gasteiger partial charge is 0.128 e. The van der Waals surface area contributed by atoms with Gasteiger partial charge in [-0.15, -0.1) is 0 Å². The van der Waals surface area contributed by atoms with Crippen molar-refractivity contribution in [2.24, 2.45) is 7.05 Å². The number of aliphatic hydroxyl groups is 1. The molecule has 0 aromatic carbocycles. The van der Waals surface area contributed by atoms with Crippen molar-refractivity contribution in [1.29, 1.82) is 0 Å². The lowest BCUT2D eigenvalue weighted by molar-refractivity contribution is 0.160. The Labute approximate surface area is 85.9 Å². The Morgan fingerprint density at radius 3 is 2.85 bits per heavy atom. The molecule has 3 nitrogen and oxygen atoms in total. The minimum absolute atomic E-state index is 0.178. The van der Waals surface area contributed by atoms with Gasteiger partial charge in [0.25, 0.3) is 0 Å². The molecule has 0 amide bonds. The van der Waals surface area contributed by atoms with Crippen molar-refractivity contribution in [2.75, 3.05) is 0 Å². The largest absolute Gasteiger partial charge is 0.392 e.